The third-order valence-electron chi connectivity index (χ3n) is 2.80. The van der Waals surface area contributed by atoms with Gasteiger partial charge in [0.25, 0.3) is 0 Å². The van der Waals surface area contributed by atoms with Crippen LogP contribution in [-0.4, -0.2) is 37.6 Å². The number of rotatable bonds is 7. The zero-order valence-electron chi connectivity index (χ0n) is 10.8. The Kier molecular flexibility index (Phi) is 5.12. The number of nitrogens with one attached hydrogen (secondary N) is 1. The Bertz CT molecular complexity index is 335. The highest BCUT2D eigenvalue weighted by atomic mass is 16.5. The number of carbonyl (C=O) groups excluding carboxylic acids is 3. The van der Waals surface area contributed by atoms with E-state index >= 15 is 0 Å². The molecule has 102 valence electrons. The van der Waals surface area contributed by atoms with Crippen LogP contribution in [0.4, 0.5) is 0 Å². The summed E-state index contributed by atoms with van der Waals surface area (Å²) in [5, 5.41) is 2.57. The third-order valence-corrected chi connectivity index (χ3v) is 2.80. The van der Waals surface area contributed by atoms with Crippen molar-refractivity contribution in [2.75, 3.05) is 19.8 Å². The first-order chi connectivity index (χ1) is 8.54. The molecular formula is C12H19NO5. The minimum absolute atomic E-state index is 0.226. The summed E-state index contributed by atoms with van der Waals surface area (Å²) in [4.78, 5) is 34.1. The molecule has 0 aromatic rings. The van der Waals surface area contributed by atoms with Crippen LogP contribution in [0.1, 0.15) is 33.1 Å². The van der Waals surface area contributed by atoms with E-state index < -0.39 is 17.3 Å². The highest BCUT2D eigenvalue weighted by Gasteiger charge is 2.51. The Morgan fingerprint density at radius 1 is 1.11 bits per heavy atom. The maximum Gasteiger partial charge on any atom is 0.315 e. The smallest absolute Gasteiger partial charge is 0.315 e. The normalized spacial score (nSPS) is 15.7. The van der Waals surface area contributed by atoms with Crippen LogP contribution in [-0.2, 0) is 23.9 Å². The first-order valence-electron chi connectivity index (χ1n) is 6.13. The molecule has 1 rings (SSSR count). The van der Waals surface area contributed by atoms with Gasteiger partial charge in [0.2, 0.25) is 5.91 Å². The van der Waals surface area contributed by atoms with Crippen LogP contribution in [0.25, 0.3) is 0 Å². The third kappa shape index (κ3) is 4.01. The Morgan fingerprint density at radius 3 is 2.22 bits per heavy atom. The molecule has 18 heavy (non-hydrogen) atoms. The fourth-order valence-corrected chi connectivity index (χ4v) is 1.56. The highest BCUT2D eigenvalue weighted by Crippen LogP contribution is 2.46. The molecule has 0 unspecified atom stereocenters. The molecule has 1 N–H and O–H groups in total. The van der Waals surface area contributed by atoms with E-state index in [0.717, 1.165) is 0 Å². The topological polar surface area (TPSA) is 81.7 Å². The number of ether oxygens (including phenoxy) is 2. The summed E-state index contributed by atoms with van der Waals surface area (Å²) < 4.78 is 9.59. The molecule has 0 aliphatic heterocycles. The predicted molar refractivity (Wildman–Crippen MR) is 62.6 cm³/mol. The lowest BCUT2D eigenvalue weighted by Crippen LogP contribution is -2.36. The molecule has 6 heteroatoms. The zero-order valence-corrected chi connectivity index (χ0v) is 10.8. The summed E-state index contributed by atoms with van der Waals surface area (Å²) in [5.41, 5.74) is -0.569. The van der Waals surface area contributed by atoms with Gasteiger partial charge in [0, 0.05) is 6.54 Å². The lowest BCUT2D eigenvalue weighted by molar-refractivity contribution is -0.149. The van der Waals surface area contributed by atoms with E-state index in [4.69, 9.17) is 4.74 Å². The monoisotopic (exact) mass is 257 g/mol. The molecule has 0 radical (unpaired) electrons. The molecule has 0 spiro atoms. The van der Waals surface area contributed by atoms with Crippen molar-refractivity contribution in [3.8, 4) is 0 Å². The van der Waals surface area contributed by atoms with E-state index in [1.54, 1.807) is 13.8 Å². The number of hydrogen-bond donors (Lipinski definition) is 1. The second-order valence-electron chi connectivity index (χ2n) is 4.26. The Balaban J connectivity index is 2.30. The molecule has 1 fully saturated rings. The first-order valence-corrected chi connectivity index (χ1v) is 6.13. The van der Waals surface area contributed by atoms with Gasteiger partial charge in [0.15, 0.2) is 0 Å². The summed E-state index contributed by atoms with van der Waals surface area (Å²) in [7, 11) is 0. The summed E-state index contributed by atoms with van der Waals surface area (Å²) in [6.07, 6.45) is 1.11. The van der Waals surface area contributed by atoms with E-state index in [9.17, 15) is 14.4 Å². The summed E-state index contributed by atoms with van der Waals surface area (Å²) in [6.45, 7) is 4.23. The van der Waals surface area contributed by atoms with Gasteiger partial charge in [-0.05, 0) is 26.7 Å². The SMILES string of the molecule is CCOC(=O)CC(=O)NCC1(C(=O)OCC)CC1. The van der Waals surface area contributed by atoms with Crippen LogP contribution in [0.2, 0.25) is 0 Å². The molecule has 1 amide bonds. The van der Waals surface area contributed by atoms with Crippen LogP contribution >= 0.6 is 0 Å². The average Bonchev–Trinajstić information content (AvgIpc) is 3.08. The maximum atomic E-state index is 11.6. The van der Waals surface area contributed by atoms with Crippen molar-refractivity contribution < 1.29 is 23.9 Å². The minimum atomic E-state index is -0.569. The van der Waals surface area contributed by atoms with Gasteiger partial charge in [-0.2, -0.15) is 0 Å². The molecular weight excluding hydrogens is 238 g/mol. The van der Waals surface area contributed by atoms with Crippen LogP contribution in [0.5, 0.6) is 0 Å². The van der Waals surface area contributed by atoms with Crippen LogP contribution in [0.15, 0.2) is 0 Å². The highest BCUT2D eigenvalue weighted by molar-refractivity contribution is 5.94. The summed E-state index contributed by atoms with van der Waals surface area (Å²) in [5.74, 6) is -1.26. The van der Waals surface area contributed by atoms with Crippen molar-refractivity contribution in [3.63, 3.8) is 0 Å². The van der Waals surface area contributed by atoms with Crippen molar-refractivity contribution in [2.45, 2.75) is 33.1 Å². The summed E-state index contributed by atoms with van der Waals surface area (Å²) in [6, 6.07) is 0. The first kappa shape index (κ1) is 14.5. The molecule has 0 bridgehead atoms. The molecule has 0 aromatic carbocycles. The maximum absolute atomic E-state index is 11.6. The van der Waals surface area contributed by atoms with Gasteiger partial charge in [-0.1, -0.05) is 0 Å². The lowest BCUT2D eigenvalue weighted by atomic mass is 10.1. The average molecular weight is 257 g/mol. The Labute approximate surface area is 106 Å². The van der Waals surface area contributed by atoms with Crippen molar-refractivity contribution in [1.29, 1.82) is 0 Å². The molecule has 0 saturated heterocycles. The summed E-state index contributed by atoms with van der Waals surface area (Å²) >= 11 is 0. The number of amides is 1. The van der Waals surface area contributed by atoms with E-state index in [-0.39, 0.29) is 25.5 Å². The second kappa shape index (κ2) is 6.37. The fourth-order valence-electron chi connectivity index (χ4n) is 1.56. The molecule has 0 aromatic heterocycles. The molecule has 0 heterocycles. The van der Waals surface area contributed by atoms with Crippen LogP contribution in [0.3, 0.4) is 0 Å². The van der Waals surface area contributed by atoms with E-state index in [2.05, 4.69) is 10.1 Å². The van der Waals surface area contributed by atoms with Crippen molar-refractivity contribution >= 4 is 17.8 Å². The van der Waals surface area contributed by atoms with Gasteiger partial charge in [-0.15, -0.1) is 0 Å². The zero-order chi connectivity index (χ0) is 13.6. The van der Waals surface area contributed by atoms with E-state index in [1.165, 1.54) is 0 Å². The minimum Gasteiger partial charge on any atom is -0.466 e. The molecule has 1 aliphatic rings. The predicted octanol–water partition coefficient (Wildman–Crippen LogP) is 0.399. The standard InChI is InChI=1S/C12H19NO5/c1-3-17-10(15)7-9(14)13-8-12(5-6-12)11(16)18-4-2/h3-8H2,1-2H3,(H,13,14). The largest absolute Gasteiger partial charge is 0.466 e. The van der Waals surface area contributed by atoms with Crippen molar-refractivity contribution in [2.24, 2.45) is 5.41 Å². The van der Waals surface area contributed by atoms with Crippen molar-refractivity contribution in [3.05, 3.63) is 0 Å². The van der Waals surface area contributed by atoms with Gasteiger partial charge < -0.3 is 14.8 Å². The van der Waals surface area contributed by atoms with Gasteiger partial charge in [0.1, 0.15) is 6.42 Å². The second-order valence-corrected chi connectivity index (χ2v) is 4.26. The lowest BCUT2D eigenvalue weighted by Gasteiger charge is -2.14. The van der Waals surface area contributed by atoms with Crippen LogP contribution < -0.4 is 5.32 Å². The van der Waals surface area contributed by atoms with Gasteiger partial charge in [-0.3, -0.25) is 14.4 Å². The Morgan fingerprint density at radius 2 is 1.72 bits per heavy atom. The van der Waals surface area contributed by atoms with E-state index in [1.807, 2.05) is 0 Å². The molecule has 0 atom stereocenters. The number of hydrogen-bond acceptors (Lipinski definition) is 5. The van der Waals surface area contributed by atoms with Crippen molar-refractivity contribution in [1.82, 2.24) is 5.32 Å². The molecule has 6 nitrogen and oxygen atoms in total. The van der Waals surface area contributed by atoms with Gasteiger partial charge in [-0.25, -0.2) is 0 Å². The number of carbonyl (C=O) groups is 3. The quantitative estimate of drug-likeness (QED) is 0.527. The van der Waals surface area contributed by atoms with Crippen LogP contribution in [0, 0.1) is 5.41 Å². The fraction of sp³-hybridized carbons (Fsp3) is 0.750. The Hall–Kier alpha value is -1.59. The van der Waals surface area contributed by atoms with Gasteiger partial charge >= 0.3 is 11.9 Å². The number of esters is 2. The molecule has 1 aliphatic carbocycles. The molecule has 1 saturated carbocycles. The van der Waals surface area contributed by atoms with Gasteiger partial charge in [0.05, 0.1) is 18.6 Å². The van der Waals surface area contributed by atoms with E-state index in [0.29, 0.717) is 19.4 Å².